The Bertz CT molecular complexity index is 1050. The van der Waals surface area contributed by atoms with Gasteiger partial charge in [0.2, 0.25) is 0 Å². The molecule has 3 heterocycles. The Balaban J connectivity index is 1.40. The summed E-state index contributed by atoms with van der Waals surface area (Å²) in [5.41, 5.74) is 2.37. The van der Waals surface area contributed by atoms with E-state index in [9.17, 15) is 14.7 Å². The number of pyridine rings is 1. The maximum atomic E-state index is 12.5. The number of nitrogens with zero attached hydrogens (tertiary/aromatic N) is 5. The summed E-state index contributed by atoms with van der Waals surface area (Å²) in [6.45, 7) is 3.07. The van der Waals surface area contributed by atoms with Gasteiger partial charge >= 0.3 is 12.1 Å². The summed E-state index contributed by atoms with van der Waals surface area (Å²) in [5, 5.41) is 17.6. The Kier molecular flexibility index (Phi) is 7.84. The Morgan fingerprint density at radius 1 is 1.26 bits per heavy atom. The van der Waals surface area contributed by atoms with Crippen LogP contribution in [0.4, 0.5) is 4.79 Å². The number of carbonyl (C=O) groups excluding carboxylic acids is 1. The fraction of sp³-hybridized carbons (Fsp3) is 0.625. The zero-order chi connectivity index (χ0) is 24.9. The Labute approximate surface area is 204 Å². The SMILES string of the molecule is Cc1nc(-c2nnn(C)c2COC(=O)N(C)CC2CCCC2)ccc1O[C@H]1COC[C@@H](C(=O)O)C1. The third-order valence-corrected chi connectivity index (χ3v) is 6.69. The molecule has 190 valence electrons. The van der Waals surface area contributed by atoms with Gasteiger partial charge in [0.1, 0.15) is 29.8 Å². The van der Waals surface area contributed by atoms with E-state index < -0.39 is 11.9 Å². The molecule has 4 rings (SSSR count). The second-order valence-electron chi connectivity index (χ2n) is 9.42. The van der Waals surface area contributed by atoms with Gasteiger partial charge in [-0.05, 0) is 37.8 Å². The van der Waals surface area contributed by atoms with Crippen molar-refractivity contribution in [2.45, 2.75) is 51.7 Å². The van der Waals surface area contributed by atoms with Crippen molar-refractivity contribution >= 4 is 12.1 Å². The molecule has 1 aliphatic carbocycles. The smallest absolute Gasteiger partial charge is 0.409 e. The van der Waals surface area contributed by atoms with Crippen LogP contribution in [0.1, 0.15) is 43.5 Å². The van der Waals surface area contributed by atoms with E-state index in [1.54, 1.807) is 35.8 Å². The van der Waals surface area contributed by atoms with Crippen LogP contribution in [0.2, 0.25) is 0 Å². The lowest BCUT2D eigenvalue weighted by Gasteiger charge is -2.27. The van der Waals surface area contributed by atoms with E-state index in [1.165, 1.54) is 12.8 Å². The maximum absolute atomic E-state index is 12.5. The van der Waals surface area contributed by atoms with Gasteiger partial charge in [0.15, 0.2) is 0 Å². The summed E-state index contributed by atoms with van der Waals surface area (Å²) in [6.07, 6.45) is 4.43. The lowest BCUT2D eigenvalue weighted by Crippen LogP contribution is -2.37. The number of aliphatic carboxylic acids is 1. The van der Waals surface area contributed by atoms with E-state index in [-0.39, 0.29) is 25.4 Å². The molecule has 11 nitrogen and oxygen atoms in total. The molecular formula is C24H33N5O6. The van der Waals surface area contributed by atoms with Gasteiger partial charge in [-0.15, -0.1) is 5.10 Å². The van der Waals surface area contributed by atoms with Gasteiger partial charge in [-0.25, -0.2) is 14.5 Å². The molecule has 2 atom stereocenters. The van der Waals surface area contributed by atoms with Gasteiger partial charge in [0.25, 0.3) is 0 Å². The molecule has 1 saturated carbocycles. The molecule has 1 saturated heterocycles. The van der Waals surface area contributed by atoms with Crippen LogP contribution in [0.25, 0.3) is 11.4 Å². The van der Waals surface area contributed by atoms with Gasteiger partial charge in [0.05, 0.1) is 30.5 Å². The van der Waals surface area contributed by atoms with Crippen LogP contribution in [0, 0.1) is 18.8 Å². The zero-order valence-electron chi connectivity index (χ0n) is 20.5. The van der Waals surface area contributed by atoms with Gasteiger partial charge in [0, 0.05) is 27.1 Å². The molecule has 1 aliphatic heterocycles. The van der Waals surface area contributed by atoms with E-state index in [1.807, 2.05) is 6.92 Å². The highest BCUT2D eigenvalue weighted by Crippen LogP contribution is 2.28. The quantitative estimate of drug-likeness (QED) is 0.597. The number of amides is 1. The van der Waals surface area contributed by atoms with Gasteiger partial charge in [-0.3, -0.25) is 4.79 Å². The number of aromatic nitrogens is 4. The zero-order valence-corrected chi connectivity index (χ0v) is 20.5. The Morgan fingerprint density at radius 2 is 2.03 bits per heavy atom. The highest BCUT2D eigenvalue weighted by Gasteiger charge is 2.29. The maximum Gasteiger partial charge on any atom is 0.409 e. The molecule has 0 aromatic carbocycles. The first-order valence-electron chi connectivity index (χ1n) is 12.0. The van der Waals surface area contributed by atoms with Gasteiger partial charge < -0.3 is 24.2 Å². The van der Waals surface area contributed by atoms with Crippen molar-refractivity contribution in [1.29, 1.82) is 0 Å². The molecule has 0 unspecified atom stereocenters. The van der Waals surface area contributed by atoms with Gasteiger partial charge in [-0.1, -0.05) is 18.1 Å². The third-order valence-electron chi connectivity index (χ3n) is 6.69. The number of aryl methyl sites for hydroxylation is 2. The predicted molar refractivity (Wildman–Crippen MR) is 125 cm³/mol. The number of ether oxygens (including phenoxy) is 3. The number of rotatable bonds is 8. The number of hydrogen-bond acceptors (Lipinski definition) is 8. The average molecular weight is 488 g/mol. The van der Waals surface area contributed by atoms with Crippen LogP contribution in [-0.4, -0.2) is 75.0 Å². The van der Waals surface area contributed by atoms with Crippen LogP contribution in [0.3, 0.4) is 0 Å². The molecule has 11 heteroatoms. The first kappa shape index (κ1) is 24.9. The molecule has 0 bridgehead atoms. The standard InChI is InChI=1S/C24H33N5O6/c1-15-21(35-18-10-17(23(30)31)12-33-13-18)9-8-19(25-15)22-20(29(3)27-26-22)14-34-24(32)28(2)11-16-6-4-5-7-16/h8-9,16-18H,4-7,10-14H2,1-3H3,(H,30,31)/t17-,18+/m0/s1. The fourth-order valence-electron chi connectivity index (χ4n) is 4.67. The summed E-state index contributed by atoms with van der Waals surface area (Å²) in [6, 6.07) is 3.55. The van der Waals surface area contributed by atoms with Crippen LogP contribution >= 0.6 is 0 Å². The number of hydrogen-bond donors (Lipinski definition) is 1. The largest absolute Gasteiger partial charge is 0.486 e. The van der Waals surface area contributed by atoms with Crippen molar-refractivity contribution in [3.8, 4) is 17.1 Å². The van der Waals surface area contributed by atoms with Crippen molar-refractivity contribution in [2.75, 3.05) is 26.8 Å². The second kappa shape index (κ2) is 11.0. The van der Waals surface area contributed by atoms with E-state index in [0.717, 1.165) is 12.8 Å². The van der Waals surface area contributed by atoms with Crippen LogP contribution in [0.15, 0.2) is 12.1 Å². The third kappa shape index (κ3) is 6.08. The van der Waals surface area contributed by atoms with E-state index in [4.69, 9.17) is 14.2 Å². The van der Waals surface area contributed by atoms with Crippen molar-refractivity contribution in [3.05, 3.63) is 23.5 Å². The van der Waals surface area contributed by atoms with Crippen molar-refractivity contribution in [1.82, 2.24) is 24.9 Å². The summed E-state index contributed by atoms with van der Waals surface area (Å²) in [7, 11) is 3.51. The van der Waals surface area contributed by atoms with Crippen LogP contribution in [-0.2, 0) is 27.9 Å². The van der Waals surface area contributed by atoms with Crippen molar-refractivity contribution < 1.29 is 28.9 Å². The summed E-state index contributed by atoms with van der Waals surface area (Å²) in [5.74, 6) is -0.365. The minimum atomic E-state index is -0.885. The Hall–Kier alpha value is -3.21. The van der Waals surface area contributed by atoms with Gasteiger partial charge in [-0.2, -0.15) is 0 Å². The molecule has 35 heavy (non-hydrogen) atoms. The topological polar surface area (TPSA) is 129 Å². The normalized spacial score (nSPS) is 20.5. The molecule has 2 aromatic heterocycles. The lowest BCUT2D eigenvalue weighted by atomic mass is 10.0. The summed E-state index contributed by atoms with van der Waals surface area (Å²) < 4.78 is 18.5. The number of carboxylic acid groups (broad SMARTS) is 1. The molecule has 0 radical (unpaired) electrons. The van der Waals surface area contributed by atoms with E-state index in [0.29, 0.717) is 54.0 Å². The molecular weight excluding hydrogens is 454 g/mol. The molecule has 1 N–H and O–H groups in total. The second-order valence-corrected chi connectivity index (χ2v) is 9.42. The highest BCUT2D eigenvalue weighted by molar-refractivity contribution is 5.70. The molecule has 1 amide bonds. The van der Waals surface area contributed by atoms with E-state index >= 15 is 0 Å². The predicted octanol–water partition coefficient (Wildman–Crippen LogP) is 2.81. The highest BCUT2D eigenvalue weighted by atomic mass is 16.6. The minimum absolute atomic E-state index is 0.0294. The monoisotopic (exact) mass is 487 g/mol. The average Bonchev–Trinajstić information content (AvgIpc) is 3.48. The lowest BCUT2D eigenvalue weighted by molar-refractivity contribution is -0.149. The minimum Gasteiger partial charge on any atom is -0.486 e. The number of carboxylic acids is 1. The Morgan fingerprint density at radius 3 is 2.74 bits per heavy atom. The van der Waals surface area contributed by atoms with Crippen LogP contribution in [0.5, 0.6) is 5.75 Å². The molecule has 2 aliphatic rings. The summed E-state index contributed by atoms with van der Waals surface area (Å²) >= 11 is 0. The number of carbonyl (C=O) groups is 2. The van der Waals surface area contributed by atoms with E-state index in [2.05, 4.69) is 15.3 Å². The van der Waals surface area contributed by atoms with Crippen molar-refractivity contribution in [3.63, 3.8) is 0 Å². The first-order valence-corrected chi connectivity index (χ1v) is 12.0. The van der Waals surface area contributed by atoms with Crippen molar-refractivity contribution in [2.24, 2.45) is 18.9 Å². The molecule has 0 spiro atoms. The molecule has 2 fully saturated rings. The van der Waals surface area contributed by atoms with Crippen LogP contribution < -0.4 is 4.74 Å². The first-order chi connectivity index (χ1) is 16.8. The fourth-order valence-corrected chi connectivity index (χ4v) is 4.67. The summed E-state index contributed by atoms with van der Waals surface area (Å²) in [4.78, 5) is 30.0. The molecule has 2 aromatic rings.